The minimum atomic E-state index is 0.282. The van der Waals surface area contributed by atoms with Crippen LogP contribution in [0.4, 0.5) is 0 Å². The molecule has 0 bridgehead atoms. The second-order valence-electron chi connectivity index (χ2n) is 6.14. The third kappa shape index (κ3) is 3.40. The molecule has 1 saturated heterocycles. The minimum Gasteiger partial charge on any atom is -0.338 e. The van der Waals surface area contributed by atoms with E-state index >= 15 is 0 Å². The Kier molecular flexibility index (Phi) is 5.35. The molecule has 1 amide bonds. The van der Waals surface area contributed by atoms with Gasteiger partial charge in [0.05, 0.1) is 0 Å². The summed E-state index contributed by atoms with van der Waals surface area (Å²) >= 11 is 6.02. The van der Waals surface area contributed by atoms with Crippen LogP contribution in [-0.4, -0.2) is 29.3 Å². The zero-order valence-electron chi connectivity index (χ0n) is 11.5. The van der Waals surface area contributed by atoms with Gasteiger partial charge in [-0.3, -0.25) is 4.79 Å². The SMILES string of the molecule is CC1CCN(C(=O)CC2CCCCCC2)C1CCl. The van der Waals surface area contributed by atoms with E-state index < -0.39 is 0 Å². The van der Waals surface area contributed by atoms with Crippen molar-refractivity contribution in [2.24, 2.45) is 11.8 Å². The highest BCUT2D eigenvalue weighted by Crippen LogP contribution is 2.29. The Labute approximate surface area is 116 Å². The number of alkyl halides is 1. The van der Waals surface area contributed by atoms with Crippen LogP contribution in [0.25, 0.3) is 0 Å². The van der Waals surface area contributed by atoms with Crippen LogP contribution in [0.2, 0.25) is 0 Å². The number of halogens is 1. The van der Waals surface area contributed by atoms with Gasteiger partial charge >= 0.3 is 0 Å². The van der Waals surface area contributed by atoms with Crippen LogP contribution in [0.15, 0.2) is 0 Å². The van der Waals surface area contributed by atoms with Gasteiger partial charge in [-0.1, -0.05) is 32.6 Å². The van der Waals surface area contributed by atoms with Gasteiger partial charge in [-0.05, 0) is 31.1 Å². The molecule has 0 aromatic heterocycles. The van der Waals surface area contributed by atoms with Gasteiger partial charge < -0.3 is 4.90 Å². The Morgan fingerprint density at radius 2 is 1.83 bits per heavy atom. The van der Waals surface area contributed by atoms with Crippen molar-refractivity contribution in [2.45, 2.75) is 64.3 Å². The zero-order valence-corrected chi connectivity index (χ0v) is 12.3. The van der Waals surface area contributed by atoms with Gasteiger partial charge in [0.15, 0.2) is 0 Å². The number of nitrogens with zero attached hydrogens (tertiary/aromatic N) is 1. The van der Waals surface area contributed by atoms with Crippen LogP contribution in [0.3, 0.4) is 0 Å². The van der Waals surface area contributed by atoms with Crippen molar-refractivity contribution >= 4 is 17.5 Å². The van der Waals surface area contributed by atoms with E-state index in [4.69, 9.17) is 11.6 Å². The number of rotatable bonds is 3. The third-order valence-electron chi connectivity index (χ3n) is 4.80. The third-order valence-corrected chi connectivity index (χ3v) is 5.12. The molecule has 0 spiro atoms. The van der Waals surface area contributed by atoms with Gasteiger partial charge in [-0.15, -0.1) is 11.6 Å². The number of hydrogen-bond acceptors (Lipinski definition) is 1. The first-order chi connectivity index (χ1) is 8.72. The molecule has 2 atom stereocenters. The molecule has 0 aromatic carbocycles. The summed E-state index contributed by atoms with van der Waals surface area (Å²) < 4.78 is 0. The fraction of sp³-hybridized carbons (Fsp3) is 0.933. The number of hydrogen-bond donors (Lipinski definition) is 0. The van der Waals surface area contributed by atoms with Crippen molar-refractivity contribution in [3.8, 4) is 0 Å². The van der Waals surface area contributed by atoms with E-state index in [9.17, 15) is 4.79 Å². The molecule has 2 nitrogen and oxygen atoms in total. The normalized spacial score (nSPS) is 30.4. The molecule has 1 aliphatic heterocycles. The molecule has 104 valence electrons. The smallest absolute Gasteiger partial charge is 0.223 e. The number of carbonyl (C=O) groups is 1. The van der Waals surface area contributed by atoms with Gasteiger partial charge in [0.2, 0.25) is 5.91 Å². The summed E-state index contributed by atoms with van der Waals surface area (Å²) in [5.41, 5.74) is 0. The Morgan fingerprint density at radius 1 is 1.17 bits per heavy atom. The highest BCUT2D eigenvalue weighted by Gasteiger charge is 2.34. The second kappa shape index (κ2) is 6.79. The summed E-state index contributed by atoms with van der Waals surface area (Å²) in [7, 11) is 0. The van der Waals surface area contributed by atoms with Crippen LogP contribution in [0.5, 0.6) is 0 Å². The maximum absolute atomic E-state index is 12.4. The van der Waals surface area contributed by atoms with E-state index in [0.717, 1.165) is 19.4 Å². The van der Waals surface area contributed by atoms with Crippen molar-refractivity contribution < 1.29 is 4.79 Å². The highest BCUT2D eigenvalue weighted by atomic mass is 35.5. The van der Waals surface area contributed by atoms with Crippen molar-refractivity contribution in [1.82, 2.24) is 4.90 Å². The van der Waals surface area contributed by atoms with E-state index in [1.165, 1.54) is 38.5 Å². The van der Waals surface area contributed by atoms with Crippen molar-refractivity contribution in [3.05, 3.63) is 0 Å². The van der Waals surface area contributed by atoms with Crippen molar-refractivity contribution in [2.75, 3.05) is 12.4 Å². The maximum atomic E-state index is 12.4. The zero-order chi connectivity index (χ0) is 13.0. The predicted molar refractivity (Wildman–Crippen MR) is 75.8 cm³/mol. The molecule has 18 heavy (non-hydrogen) atoms. The van der Waals surface area contributed by atoms with Gasteiger partial charge in [-0.25, -0.2) is 0 Å². The van der Waals surface area contributed by atoms with E-state index in [1.54, 1.807) is 0 Å². The molecule has 3 heteroatoms. The summed E-state index contributed by atoms with van der Waals surface area (Å²) in [5, 5.41) is 0. The summed E-state index contributed by atoms with van der Waals surface area (Å²) in [5.74, 6) is 2.15. The van der Waals surface area contributed by atoms with Gasteiger partial charge in [0, 0.05) is 24.9 Å². The average molecular weight is 272 g/mol. The molecule has 0 radical (unpaired) electrons. The first kappa shape index (κ1) is 14.2. The first-order valence-corrected chi connectivity index (χ1v) is 8.11. The molecule has 1 heterocycles. The molecule has 1 aliphatic carbocycles. The predicted octanol–water partition coefficient (Wildman–Crippen LogP) is 3.82. The molecule has 2 fully saturated rings. The second-order valence-corrected chi connectivity index (χ2v) is 6.45. The lowest BCUT2D eigenvalue weighted by Gasteiger charge is -2.27. The van der Waals surface area contributed by atoms with E-state index in [1.807, 2.05) is 0 Å². The van der Waals surface area contributed by atoms with Gasteiger partial charge in [0.25, 0.3) is 0 Å². The average Bonchev–Trinajstić information content (AvgIpc) is 2.57. The molecule has 0 aromatic rings. The summed E-state index contributed by atoms with van der Waals surface area (Å²) in [6.45, 7) is 3.14. The molecule has 2 unspecified atom stereocenters. The molecule has 1 saturated carbocycles. The van der Waals surface area contributed by atoms with Crippen LogP contribution in [0.1, 0.15) is 58.3 Å². The summed E-state index contributed by atoms with van der Waals surface area (Å²) in [6, 6.07) is 0.282. The Balaban J connectivity index is 1.86. The lowest BCUT2D eigenvalue weighted by molar-refractivity contribution is -0.133. The molecular weight excluding hydrogens is 246 g/mol. The minimum absolute atomic E-state index is 0.282. The summed E-state index contributed by atoms with van der Waals surface area (Å²) in [4.78, 5) is 14.5. The quantitative estimate of drug-likeness (QED) is 0.564. The van der Waals surface area contributed by atoms with Crippen molar-refractivity contribution in [1.29, 1.82) is 0 Å². The van der Waals surface area contributed by atoms with Crippen LogP contribution in [0, 0.1) is 11.8 Å². The fourth-order valence-electron chi connectivity index (χ4n) is 3.49. The topological polar surface area (TPSA) is 20.3 Å². The first-order valence-electron chi connectivity index (χ1n) is 7.57. The fourth-order valence-corrected chi connectivity index (χ4v) is 3.96. The van der Waals surface area contributed by atoms with Gasteiger partial charge in [-0.2, -0.15) is 0 Å². The largest absolute Gasteiger partial charge is 0.338 e. The van der Waals surface area contributed by atoms with Crippen LogP contribution >= 0.6 is 11.6 Å². The lowest BCUT2D eigenvalue weighted by atomic mass is 9.95. The van der Waals surface area contributed by atoms with Gasteiger partial charge in [0.1, 0.15) is 0 Å². The number of likely N-dealkylation sites (tertiary alicyclic amines) is 1. The van der Waals surface area contributed by atoms with E-state index in [2.05, 4.69) is 11.8 Å². The number of carbonyl (C=O) groups excluding carboxylic acids is 1. The Bertz CT molecular complexity index is 274. The Hall–Kier alpha value is -0.240. The van der Waals surface area contributed by atoms with Crippen molar-refractivity contribution in [3.63, 3.8) is 0 Å². The Morgan fingerprint density at radius 3 is 2.44 bits per heavy atom. The van der Waals surface area contributed by atoms with E-state index in [0.29, 0.717) is 23.6 Å². The van der Waals surface area contributed by atoms with Crippen LogP contribution in [-0.2, 0) is 4.79 Å². The lowest BCUT2D eigenvalue weighted by Crippen LogP contribution is -2.39. The summed E-state index contributed by atoms with van der Waals surface area (Å²) in [6.07, 6.45) is 9.72. The number of amides is 1. The van der Waals surface area contributed by atoms with Crippen LogP contribution < -0.4 is 0 Å². The highest BCUT2D eigenvalue weighted by molar-refractivity contribution is 6.18. The molecule has 2 aliphatic rings. The molecule has 2 rings (SSSR count). The molecular formula is C15H26ClNO. The molecule has 0 N–H and O–H groups in total. The maximum Gasteiger partial charge on any atom is 0.223 e. The van der Waals surface area contributed by atoms with E-state index in [-0.39, 0.29) is 6.04 Å². The standard InChI is InChI=1S/C15H26ClNO/c1-12-8-9-17(14(12)11-16)15(18)10-13-6-4-2-3-5-7-13/h12-14H,2-11H2,1H3. The monoisotopic (exact) mass is 271 g/mol.